The van der Waals surface area contributed by atoms with E-state index in [9.17, 15) is 13.2 Å². The van der Waals surface area contributed by atoms with Crippen LogP contribution in [0.25, 0.3) is 0 Å². The molecular formula is C14H16F3N3O. The average Bonchev–Trinajstić information content (AvgIpc) is 2.79. The summed E-state index contributed by atoms with van der Waals surface area (Å²) in [7, 11) is 1.87. The summed E-state index contributed by atoms with van der Waals surface area (Å²) in [6.45, 7) is 1.19. The molecule has 2 aromatic rings. The highest BCUT2D eigenvalue weighted by molar-refractivity contribution is 5.28. The van der Waals surface area contributed by atoms with Gasteiger partial charge in [0.2, 0.25) is 0 Å². The highest BCUT2D eigenvalue weighted by Gasteiger charge is 2.31. The number of nitrogens with one attached hydrogen (secondary N) is 1. The van der Waals surface area contributed by atoms with Gasteiger partial charge in [0, 0.05) is 38.4 Å². The molecule has 1 aromatic heterocycles. The van der Waals surface area contributed by atoms with Crippen molar-refractivity contribution in [2.45, 2.75) is 19.3 Å². The molecular weight excluding hydrogens is 283 g/mol. The van der Waals surface area contributed by atoms with Crippen LogP contribution in [-0.2, 0) is 20.0 Å². The minimum atomic E-state index is -4.66. The number of hydrogen-bond donors (Lipinski definition) is 1. The van der Waals surface area contributed by atoms with Crippen molar-refractivity contribution in [1.29, 1.82) is 0 Å². The Labute approximate surface area is 120 Å². The maximum Gasteiger partial charge on any atom is 0.573 e. The third kappa shape index (κ3) is 5.11. The molecule has 0 bridgehead atoms. The van der Waals surface area contributed by atoms with Gasteiger partial charge in [0.05, 0.1) is 0 Å². The first kappa shape index (κ1) is 15.4. The molecule has 1 N–H and O–H groups in total. The molecule has 0 aliphatic rings. The van der Waals surface area contributed by atoms with Crippen LogP contribution in [0.15, 0.2) is 36.5 Å². The summed E-state index contributed by atoms with van der Waals surface area (Å²) < 4.78 is 42.1. The fourth-order valence-corrected chi connectivity index (χ4v) is 1.95. The van der Waals surface area contributed by atoms with Crippen LogP contribution in [0.2, 0.25) is 0 Å². The zero-order valence-electron chi connectivity index (χ0n) is 11.5. The van der Waals surface area contributed by atoms with E-state index in [4.69, 9.17) is 0 Å². The number of aryl methyl sites for hydroxylation is 1. The van der Waals surface area contributed by atoms with Crippen molar-refractivity contribution in [3.63, 3.8) is 0 Å². The molecule has 2 rings (SSSR count). The van der Waals surface area contributed by atoms with Crippen LogP contribution >= 0.6 is 0 Å². The quantitative estimate of drug-likeness (QED) is 0.834. The molecule has 114 valence electrons. The molecule has 0 spiro atoms. The number of ether oxygens (including phenoxy) is 1. The standard InChI is InChI=1S/C14H16F3N3O/c1-20-12(6-8-19-20)5-7-18-10-11-3-2-4-13(9-11)21-14(15,16)17/h2-4,6,8-9,18H,5,7,10H2,1H3. The van der Waals surface area contributed by atoms with Crippen LogP contribution in [0.3, 0.4) is 0 Å². The molecule has 7 heteroatoms. The van der Waals surface area contributed by atoms with Crippen molar-refractivity contribution < 1.29 is 17.9 Å². The van der Waals surface area contributed by atoms with Crippen molar-refractivity contribution in [1.82, 2.24) is 15.1 Å². The minimum Gasteiger partial charge on any atom is -0.406 e. The molecule has 1 heterocycles. The summed E-state index contributed by atoms with van der Waals surface area (Å²) in [6, 6.07) is 7.89. The monoisotopic (exact) mass is 299 g/mol. The molecule has 0 saturated carbocycles. The lowest BCUT2D eigenvalue weighted by atomic mass is 10.2. The molecule has 0 aliphatic heterocycles. The van der Waals surface area contributed by atoms with Gasteiger partial charge in [0.25, 0.3) is 0 Å². The first-order valence-corrected chi connectivity index (χ1v) is 6.46. The lowest BCUT2D eigenvalue weighted by Gasteiger charge is -2.10. The van der Waals surface area contributed by atoms with Gasteiger partial charge in [-0.05, 0) is 23.8 Å². The van der Waals surface area contributed by atoms with Gasteiger partial charge in [-0.2, -0.15) is 5.10 Å². The Kier molecular flexibility index (Phi) is 4.85. The molecule has 4 nitrogen and oxygen atoms in total. The number of alkyl halides is 3. The van der Waals surface area contributed by atoms with Gasteiger partial charge in [-0.15, -0.1) is 13.2 Å². The Bertz CT molecular complexity index is 581. The van der Waals surface area contributed by atoms with E-state index in [0.29, 0.717) is 13.1 Å². The Hall–Kier alpha value is -2.02. The van der Waals surface area contributed by atoms with Crippen LogP contribution in [0.1, 0.15) is 11.3 Å². The molecule has 21 heavy (non-hydrogen) atoms. The maximum absolute atomic E-state index is 12.1. The van der Waals surface area contributed by atoms with Crippen molar-refractivity contribution in [3.8, 4) is 5.75 Å². The van der Waals surface area contributed by atoms with Crippen LogP contribution in [0.5, 0.6) is 5.75 Å². The Morgan fingerprint density at radius 2 is 2.10 bits per heavy atom. The summed E-state index contributed by atoms with van der Waals surface area (Å²) >= 11 is 0. The second-order valence-corrected chi connectivity index (χ2v) is 4.57. The third-order valence-corrected chi connectivity index (χ3v) is 2.94. The van der Waals surface area contributed by atoms with Crippen molar-refractivity contribution in [2.24, 2.45) is 7.05 Å². The van der Waals surface area contributed by atoms with E-state index in [1.807, 2.05) is 13.1 Å². The van der Waals surface area contributed by atoms with E-state index in [1.165, 1.54) is 12.1 Å². The molecule has 0 unspecified atom stereocenters. The lowest BCUT2D eigenvalue weighted by molar-refractivity contribution is -0.274. The van der Waals surface area contributed by atoms with Crippen LogP contribution in [0.4, 0.5) is 13.2 Å². The number of benzene rings is 1. The SMILES string of the molecule is Cn1nccc1CCNCc1cccc(OC(F)(F)F)c1. The topological polar surface area (TPSA) is 39.1 Å². The van der Waals surface area contributed by atoms with E-state index in [0.717, 1.165) is 17.7 Å². The fourth-order valence-electron chi connectivity index (χ4n) is 1.95. The molecule has 0 radical (unpaired) electrons. The number of halogens is 3. The van der Waals surface area contributed by atoms with Gasteiger partial charge < -0.3 is 10.1 Å². The molecule has 0 atom stereocenters. The lowest BCUT2D eigenvalue weighted by Crippen LogP contribution is -2.19. The predicted molar refractivity (Wildman–Crippen MR) is 71.7 cm³/mol. The zero-order valence-corrected chi connectivity index (χ0v) is 11.5. The van der Waals surface area contributed by atoms with E-state index in [2.05, 4.69) is 15.2 Å². The number of rotatable bonds is 6. The number of nitrogens with zero attached hydrogens (tertiary/aromatic N) is 2. The van der Waals surface area contributed by atoms with E-state index < -0.39 is 6.36 Å². The van der Waals surface area contributed by atoms with Gasteiger partial charge >= 0.3 is 6.36 Å². The summed E-state index contributed by atoms with van der Waals surface area (Å²) in [4.78, 5) is 0. The Morgan fingerprint density at radius 3 is 2.76 bits per heavy atom. The molecule has 0 aliphatic carbocycles. The van der Waals surface area contributed by atoms with Crippen LogP contribution in [0, 0.1) is 0 Å². The Balaban J connectivity index is 1.80. The van der Waals surface area contributed by atoms with Crippen molar-refractivity contribution in [3.05, 3.63) is 47.8 Å². The summed E-state index contributed by atoms with van der Waals surface area (Å²) in [5, 5.41) is 7.24. The molecule has 0 saturated heterocycles. The van der Waals surface area contributed by atoms with E-state index >= 15 is 0 Å². The molecule has 0 amide bonds. The first-order valence-electron chi connectivity index (χ1n) is 6.46. The van der Waals surface area contributed by atoms with Crippen molar-refractivity contribution in [2.75, 3.05) is 6.54 Å². The maximum atomic E-state index is 12.1. The van der Waals surface area contributed by atoms with Gasteiger partial charge in [-0.1, -0.05) is 12.1 Å². The highest BCUT2D eigenvalue weighted by atomic mass is 19.4. The molecule has 0 fully saturated rings. The van der Waals surface area contributed by atoms with Gasteiger partial charge in [0.15, 0.2) is 0 Å². The van der Waals surface area contributed by atoms with Crippen LogP contribution < -0.4 is 10.1 Å². The Morgan fingerprint density at radius 1 is 1.29 bits per heavy atom. The van der Waals surface area contributed by atoms with Crippen molar-refractivity contribution >= 4 is 0 Å². The zero-order chi connectivity index (χ0) is 15.3. The second kappa shape index (κ2) is 6.62. The number of aromatic nitrogens is 2. The smallest absolute Gasteiger partial charge is 0.406 e. The number of hydrogen-bond acceptors (Lipinski definition) is 3. The average molecular weight is 299 g/mol. The fraction of sp³-hybridized carbons (Fsp3) is 0.357. The minimum absolute atomic E-state index is 0.201. The van der Waals surface area contributed by atoms with Gasteiger partial charge in [-0.3, -0.25) is 4.68 Å². The summed E-state index contributed by atoms with van der Waals surface area (Å²) in [5.41, 5.74) is 1.83. The van der Waals surface area contributed by atoms with Crippen LogP contribution in [-0.4, -0.2) is 22.7 Å². The summed E-state index contributed by atoms with van der Waals surface area (Å²) in [6.07, 6.45) is -2.13. The highest BCUT2D eigenvalue weighted by Crippen LogP contribution is 2.23. The van der Waals surface area contributed by atoms with Gasteiger partial charge in [0.1, 0.15) is 5.75 Å². The van der Waals surface area contributed by atoms with E-state index in [1.54, 1.807) is 23.0 Å². The second-order valence-electron chi connectivity index (χ2n) is 4.57. The normalized spacial score (nSPS) is 11.6. The third-order valence-electron chi connectivity index (χ3n) is 2.94. The van der Waals surface area contributed by atoms with Gasteiger partial charge in [-0.25, -0.2) is 0 Å². The largest absolute Gasteiger partial charge is 0.573 e. The summed E-state index contributed by atoms with van der Waals surface area (Å²) in [5.74, 6) is -0.201. The predicted octanol–water partition coefficient (Wildman–Crippen LogP) is 2.65. The molecule has 1 aromatic carbocycles. The van der Waals surface area contributed by atoms with E-state index in [-0.39, 0.29) is 5.75 Å². The first-order chi connectivity index (χ1) is 9.94.